The summed E-state index contributed by atoms with van der Waals surface area (Å²) in [5.74, 6) is 0.902. The van der Waals surface area contributed by atoms with Crippen molar-refractivity contribution in [1.82, 2.24) is 10.3 Å². The van der Waals surface area contributed by atoms with Gasteiger partial charge in [0.2, 0.25) is 5.88 Å². The maximum atomic E-state index is 12.6. The quantitative estimate of drug-likeness (QED) is 0.754. The van der Waals surface area contributed by atoms with Crippen molar-refractivity contribution in [2.24, 2.45) is 0 Å². The van der Waals surface area contributed by atoms with Gasteiger partial charge in [0.1, 0.15) is 11.4 Å². The first kappa shape index (κ1) is 16.1. The van der Waals surface area contributed by atoms with Crippen LogP contribution in [0.5, 0.6) is 5.75 Å². The third kappa shape index (κ3) is 2.85. The topological polar surface area (TPSA) is 107 Å². The van der Waals surface area contributed by atoms with Crippen LogP contribution >= 0.6 is 0 Å². The highest BCUT2D eigenvalue weighted by atomic mass is 32.2. The Labute approximate surface area is 138 Å². The lowest BCUT2D eigenvalue weighted by Gasteiger charge is -2.07. The smallest absolute Gasteiger partial charge is 0.269 e. The van der Waals surface area contributed by atoms with Crippen LogP contribution in [-0.2, 0) is 10.0 Å². The number of anilines is 1. The Morgan fingerprint density at radius 2 is 1.83 bits per heavy atom. The van der Waals surface area contributed by atoms with Crippen LogP contribution in [-0.4, -0.2) is 25.8 Å². The van der Waals surface area contributed by atoms with Crippen molar-refractivity contribution in [3.05, 3.63) is 41.9 Å². The predicted molar refractivity (Wildman–Crippen MR) is 85.3 cm³/mol. The Bertz CT molecular complexity index is 938. The summed E-state index contributed by atoms with van der Waals surface area (Å²) in [6.45, 7) is 3.08. The number of ether oxygens (including phenoxy) is 1. The molecule has 0 spiro atoms. The molecule has 126 valence electrons. The van der Waals surface area contributed by atoms with Gasteiger partial charge in [-0.25, -0.2) is 13.1 Å². The van der Waals surface area contributed by atoms with Crippen molar-refractivity contribution in [2.45, 2.75) is 18.7 Å². The molecule has 8 nitrogen and oxygen atoms in total. The van der Waals surface area contributed by atoms with Gasteiger partial charge in [0.05, 0.1) is 18.9 Å². The van der Waals surface area contributed by atoms with E-state index in [1.165, 1.54) is 13.1 Å². The number of hydrogen-bond acceptors (Lipinski definition) is 7. The Hall–Kier alpha value is -2.81. The molecule has 0 bridgehead atoms. The van der Waals surface area contributed by atoms with Gasteiger partial charge in [-0.2, -0.15) is 0 Å². The first-order chi connectivity index (χ1) is 11.4. The fourth-order valence-corrected chi connectivity index (χ4v) is 3.66. The van der Waals surface area contributed by atoms with Gasteiger partial charge in [-0.3, -0.25) is 0 Å². The Balaban J connectivity index is 1.96. The van der Waals surface area contributed by atoms with E-state index in [2.05, 4.69) is 15.0 Å². The lowest BCUT2D eigenvalue weighted by Crippen LogP contribution is -2.14. The minimum atomic E-state index is -3.91. The molecule has 9 heteroatoms. The van der Waals surface area contributed by atoms with E-state index in [4.69, 9.17) is 13.8 Å². The lowest BCUT2D eigenvalue weighted by molar-refractivity contribution is 0.390. The van der Waals surface area contributed by atoms with Gasteiger partial charge in [0.15, 0.2) is 10.7 Å². The zero-order valence-electron chi connectivity index (χ0n) is 13.2. The molecule has 0 saturated heterocycles. The highest BCUT2D eigenvalue weighted by Crippen LogP contribution is 2.31. The molecule has 0 amide bonds. The summed E-state index contributed by atoms with van der Waals surface area (Å²) in [5.41, 5.74) is 1.51. The lowest BCUT2D eigenvalue weighted by atomic mass is 10.1. The van der Waals surface area contributed by atoms with Gasteiger partial charge in [-0.05, 0) is 31.5 Å². The van der Waals surface area contributed by atoms with E-state index in [-0.39, 0.29) is 22.2 Å². The maximum absolute atomic E-state index is 12.6. The van der Waals surface area contributed by atoms with Crippen molar-refractivity contribution in [3.8, 4) is 16.9 Å². The maximum Gasteiger partial charge on any atom is 0.269 e. The number of aromatic nitrogens is 2. The fourth-order valence-electron chi connectivity index (χ4n) is 2.32. The highest BCUT2D eigenvalue weighted by Gasteiger charge is 2.26. The van der Waals surface area contributed by atoms with Crippen LogP contribution in [0.1, 0.15) is 11.5 Å². The molecule has 3 aromatic rings. The van der Waals surface area contributed by atoms with Crippen LogP contribution < -0.4 is 9.46 Å². The molecule has 1 aromatic carbocycles. The molecular weight excluding hydrogens is 334 g/mol. The molecule has 2 heterocycles. The van der Waals surface area contributed by atoms with Crippen molar-refractivity contribution >= 4 is 15.9 Å². The Morgan fingerprint density at radius 3 is 2.42 bits per heavy atom. The number of rotatable bonds is 5. The van der Waals surface area contributed by atoms with E-state index in [9.17, 15) is 8.42 Å². The van der Waals surface area contributed by atoms with Crippen LogP contribution in [0.25, 0.3) is 11.1 Å². The summed E-state index contributed by atoms with van der Waals surface area (Å²) >= 11 is 0. The molecule has 2 aromatic heterocycles. The molecular formula is C15H15N3O5S. The van der Waals surface area contributed by atoms with Crippen LogP contribution in [0, 0.1) is 13.8 Å². The Kier molecular flexibility index (Phi) is 4.02. The average molecular weight is 349 g/mol. The number of nitrogens with zero attached hydrogens (tertiary/aromatic N) is 2. The second kappa shape index (κ2) is 6.00. The number of aryl methyl sites for hydroxylation is 2. The molecule has 0 unspecified atom stereocenters. The van der Waals surface area contributed by atoms with E-state index in [0.717, 1.165) is 5.56 Å². The van der Waals surface area contributed by atoms with E-state index in [1.807, 2.05) is 0 Å². The van der Waals surface area contributed by atoms with Crippen LogP contribution in [0.4, 0.5) is 5.88 Å². The number of nitrogens with one attached hydrogen (secondary N) is 1. The fraction of sp³-hybridized carbons (Fsp3) is 0.200. The molecule has 0 saturated carbocycles. The zero-order chi connectivity index (χ0) is 17.3. The SMILES string of the molecule is COc1ccc(-c2cnoc2NS(=O)(=O)c2c(C)noc2C)cc1. The van der Waals surface area contributed by atoms with Crippen LogP contribution in [0.3, 0.4) is 0 Å². The van der Waals surface area contributed by atoms with Gasteiger partial charge < -0.3 is 13.8 Å². The molecule has 0 radical (unpaired) electrons. The van der Waals surface area contributed by atoms with Crippen molar-refractivity contribution in [1.29, 1.82) is 0 Å². The van der Waals surface area contributed by atoms with Crippen LogP contribution in [0.15, 0.2) is 44.4 Å². The standard InChI is InChI=1S/C15H15N3O5S/c1-9-14(10(2)22-17-9)24(19,20)18-15-13(8-16-23-15)11-4-6-12(21-3)7-5-11/h4-8,18H,1-3H3. The minimum absolute atomic E-state index is 0.0140. The highest BCUT2D eigenvalue weighted by molar-refractivity contribution is 7.92. The van der Waals surface area contributed by atoms with Crippen molar-refractivity contribution in [2.75, 3.05) is 11.8 Å². The molecule has 0 fully saturated rings. The predicted octanol–water partition coefficient (Wildman–Crippen LogP) is 2.76. The molecule has 24 heavy (non-hydrogen) atoms. The first-order valence-electron chi connectivity index (χ1n) is 6.97. The second-order valence-corrected chi connectivity index (χ2v) is 6.68. The average Bonchev–Trinajstić information content (AvgIpc) is 3.13. The van der Waals surface area contributed by atoms with E-state index >= 15 is 0 Å². The van der Waals surface area contributed by atoms with Gasteiger partial charge >= 0.3 is 0 Å². The normalized spacial score (nSPS) is 11.5. The molecule has 0 aliphatic carbocycles. The van der Waals surface area contributed by atoms with Crippen molar-refractivity contribution in [3.63, 3.8) is 0 Å². The Morgan fingerprint density at radius 1 is 1.12 bits per heavy atom. The van der Waals surface area contributed by atoms with E-state index < -0.39 is 10.0 Å². The summed E-state index contributed by atoms with van der Waals surface area (Å²) in [6.07, 6.45) is 1.44. The first-order valence-corrected chi connectivity index (χ1v) is 8.45. The monoisotopic (exact) mass is 349 g/mol. The zero-order valence-corrected chi connectivity index (χ0v) is 14.0. The summed E-state index contributed by atoms with van der Waals surface area (Å²) < 4.78 is 42.6. The molecule has 0 aliphatic rings. The largest absolute Gasteiger partial charge is 0.497 e. The summed E-state index contributed by atoms with van der Waals surface area (Å²) in [6, 6.07) is 7.07. The summed E-state index contributed by atoms with van der Waals surface area (Å²) in [5, 5.41) is 7.34. The number of benzene rings is 1. The third-order valence-electron chi connectivity index (χ3n) is 3.44. The minimum Gasteiger partial charge on any atom is -0.497 e. The molecule has 3 rings (SSSR count). The van der Waals surface area contributed by atoms with Crippen molar-refractivity contribution < 1.29 is 22.2 Å². The molecule has 1 N–H and O–H groups in total. The van der Waals surface area contributed by atoms with E-state index in [0.29, 0.717) is 11.3 Å². The van der Waals surface area contributed by atoms with Gasteiger partial charge in [0.25, 0.3) is 10.0 Å². The van der Waals surface area contributed by atoms with Gasteiger partial charge in [-0.1, -0.05) is 22.4 Å². The van der Waals surface area contributed by atoms with Crippen LogP contribution in [0.2, 0.25) is 0 Å². The molecule has 0 aliphatic heterocycles. The molecule has 0 atom stereocenters. The van der Waals surface area contributed by atoms with E-state index in [1.54, 1.807) is 38.3 Å². The number of hydrogen-bond donors (Lipinski definition) is 1. The van der Waals surface area contributed by atoms with Gasteiger partial charge in [-0.15, -0.1) is 0 Å². The third-order valence-corrected chi connectivity index (χ3v) is 5.01. The van der Waals surface area contributed by atoms with Gasteiger partial charge in [0, 0.05) is 0 Å². The summed E-state index contributed by atoms with van der Waals surface area (Å²) in [7, 11) is -2.34. The number of methoxy groups -OCH3 is 1. The number of sulfonamides is 1. The summed E-state index contributed by atoms with van der Waals surface area (Å²) in [4.78, 5) is -0.0143. The second-order valence-electron chi connectivity index (χ2n) is 5.06.